The molecule has 0 aliphatic heterocycles. The maximum Gasteiger partial charge on any atom is 0.00399 e. The van der Waals surface area contributed by atoms with Crippen LogP contribution in [0.15, 0.2) is 0 Å². The minimum Gasteiger partial charge on any atom is -0.330 e. The Balaban J connectivity index is 3.49. The minimum atomic E-state index is 0.220. The van der Waals surface area contributed by atoms with Crippen LogP contribution in [0.5, 0.6) is 0 Å². The molecular formula is C13H33N5. The summed E-state index contributed by atoms with van der Waals surface area (Å²) in [6, 6.07) is 0.703. The van der Waals surface area contributed by atoms with Crippen LogP contribution < -0.4 is 28.7 Å². The van der Waals surface area contributed by atoms with Crippen molar-refractivity contribution >= 4 is 0 Å². The quantitative estimate of drug-likeness (QED) is 0.337. The van der Waals surface area contributed by atoms with Gasteiger partial charge in [-0.3, -0.25) is 0 Å². The van der Waals surface area contributed by atoms with Gasteiger partial charge in [0.05, 0.1) is 0 Å². The van der Waals surface area contributed by atoms with Gasteiger partial charge >= 0.3 is 0 Å². The van der Waals surface area contributed by atoms with Crippen molar-refractivity contribution in [2.45, 2.75) is 69.5 Å². The largest absolute Gasteiger partial charge is 0.330 e. The van der Waals surface area contributed by atoms with Crippen LogP contribution in [0, 0.1) is 0 Å². The summed E-state index contributed by atoms with van der Waals surface area (Å²) in [5.74, 6) is 0. The van der Waals surface area contributed by atoms with Crippen LogP contribution in [0.25, 0.3) is 0 Å². The average Bonchev–Trinajstić information content (AvgIpc) is 2.37. The van der Waals surface area contributed by atoms with Crippen molar-refractivity contribution in [2.75, 3.05) is 13.1 Å². The molecule has 18 heavy (non-hydrogen) atoms. The van der Waals surface area contributed by atoms with E-state index < -0.39 is 0 Å². The number of hydrogen-bond acceptors (Lipinski definition) is 5. The lowest BCUT2D eigenvalue weighted by Gasteiger charge is -2.17. The third kappa shape index (κ3) is 10.9. The third-order valence-electron chi connectivity index (χ3n) is 3.37. The molecule has 2 unspecified atom stereocenters. The normalized spacial score (nSPS) is 16.5. The van der Waals surface area contributed by atoms with Crippen LogP contribution in [0.1, 0.15) is 51.4 Å². The van der Waals surface area contributed by atoms with Crippen LogP contribution in [0.3, 0.4) is 0 Å². The van der Waals surface area contributed by atoms with Crippen molar-refractivity contribution in [2.24, 2.45) is 28.7 Å². The first-order valence-corrected chi connectivity index (χ1v) is 7.27. The second-order valence-electron chi connectivity index (χ2n) is 5.30. The van der Waals surface area contributed by atoms with E-state index in [4.69, 9.17) is 28.7 Å². The molecule has 0 rings (SSSR count). The smallest absolute Gasteiger partial charge is 0.00399 e. The summed E-state index contributed by atoms with van der Waals surface area (Å²) in [5.41, 5.74) is 28.9. The zero-order valence-electron chi connectivity index (χ0n) is 11.7. The molecule has 0 aromatic carbocycles. The van der Waals surface area contributed by atoms with E-state index in [0.29, 0.717) is 0 Å². The van der Waals surface area contributed by atoms with E-state index in [2.05, 4.69) is 0 Å². The van der Waals surface area contributed by atoms with Crippen LogP contribution in [0.4, 0.5) is 0 Å². The van der Waals surface area contributed by atoms with Crippen molar-refractivity contribution in [3.63, 3.8) is 0 Å². The molecule has 0 fully saturated rings. The summed E-state index contributed by atoms with van der Waals surface area (Å²) in [7, 11) is 0. The Morgan fingerprint density at radius 2 is 0.778 bits per heavy atom. The number of rotatable bonds is 12. The predicted octanol–water partition coefficient (Wildman–Crippen LogP) is 0.00650. The molecule has 2 atom stereocenters. The maximum absolute atomic E-state index is 6.07. The number of hydrogen-bond donors (Lipinski definition) is 5. The Labute approximate surface area is 112 Å². The molecular weight excluding hydrogens is 226 g/mol. The summed E-state index contributed by atoms with van der Waals surface area (Å²) in [6.45, 7) is 1.44. The fraction of sp³-hybridized carbons (Fsp3) is 1.00. The van der Waals surface area contributed by atoms with Gasteiger partial charge in [-0.25, -0.2) is 0 Å². The topological polar surface area (TPSA) is 130 Å². The highest BCUT2D eigenvalue weighted by atomic mass is 14.7. The molecule has 0 saturated carbocycles. The summed E-state index contributed by atoms with van der Waals surface area (Å²) < 4.78 is 0. The Bertz CT molecular complexity index is 159. The molecule has 0 bridgehead atoms. The van der Waals surface area contributed by atoms with Crippen molar-refractivity contribution < 1.29 is 0 Å². The van der Waals surface area contributed by atoms with E-state index in [0.717, 1.165) is 64.5 Å². The van der Waals surface area contributed by atoms with Gasteiger partial charge in [-0.2, -0.15) is 0 Å². The van der Waals surface area contributed by atoms with Crippen molar-refractivity contribution in [1.29, 1.82) is 0 Å². The Morgan fingerprint density at radius 3 is 1.06 bits per heavy atom. The molecule has 10 N–H and O–H groups in total. The highest BCUT2D eigenvalue weighted by Crippen LogP contribution is 2.10. The summed E-state index contributed by atoms with van der Waals surface area (Å²) in [5, 5.41) is 0. The first kappa shape index (κ1) is 17.8. The average molecular weight is 259 g/mol. The molecule has 5 nitrogen and oxygen atoms in total. The fourth-order valence-electron chi connectivity index (χ4n) is 2.05. The second kappa shape index (κ2) is 11.9. The van der Waals surface area contributed by atoms with E-state index in [1.165, 1.54) is 0 Å². The van der Waals surface area contributed by atoms with Gasteiger partial charge in [-0.15, -0.1) is 0 Å². The molecule has 0 saturated heterocycles. The predicted molar refractivity (Wildman–Crippen MR) is 79.0 cm³/mol. The molecule has 0 heterocycles. The van der Waals surface area contributed by atoms with E-state index in [1.807, 2.05) is 0 Å². The molecule has 5 heteroatoms. The second-order valence-corrected chi connectivity index (χ2v) is 5.30. The lowest BCUT2D eigenvalue weighted by atomic mass is 9.98. The highest BCUT2D eigenvalue weighted by Gasteiger charge is 2.09. The van der Waals surface area contributed by atoms with Gasteiger partial charge in [-0.05, 0) is 64.5 Å². The summed E-state index contributed by atoms with van der Waals surface area (Å²) >= 11 is 0. The molecule has 0 aromatic rings. The van der Waals surface area contributed by atoms with Crippen LogP contribution >= 0.6 is 0 Å². The Kier molecular flexibility index (Phi) is 11.7. The molecule has 110 valence electrons. The monoisotopic (exact) mass is 259 g/mol. The van der Waals surface area contributed by atoms with E-state index >= 15 is 0 Å². The van der Waals surface area contributed by atoms with E-state index in [1.54, 1.807) is 0 Å². The molecule has 0 radical (unpaired) electrons. The molecule has 0 amide bonds. The van der Waals surface area contributed by atoms with Crippen molar-refractivity contribution in [3.05, 3.63) is 0 Å². The third-order valence-corrected chi connectivity index (χ3v) is 3.37. The van der Waals surface area contributed by atoms with Gasteiger partial charge in [0.2, 0.25) is 0 Å². The van der Waals surface area contributed by atoms with Gasteiger partial charge in [0, 0.05) is 18.1 Å². The lowest BCUT2D eigenvalue weighted by Crippen LogP contribution is -2.29. The van der Waals surface area contributed by atoms with Crippen molar-refractivity contribution in [3.8, 4) is 0 Å². The van der Waals surface area contributed by atoms with Crippen LogP contribution in [-0.4, -0.2) is 31.2 Å². The van der Waals surface area contributed by atoms with Gasteiger partial charge in [0.1, 0.15) is 0 Å². The number of nitrogens with two attached hydrogens (primary N) is 5. The van der Waals surface area contributed by atoms with Gasteiger partial charge in [0.15, 0.2) is 0 Å². The Hall–Kier alpha value is -0.200. The highest BCUT2D eigenvalue weighted by molar-refractivity contribution is 4.71. The van der Waals surface area contributed by atoms with Gasteiger partial charge in [-0.1, -0.05) is 0 Å². The van der Waals surface area contributed by atoms with Gasteiger partial charge in [0.25, 0.3) is 0 Å². The first-order chi connectivity index (χ1) is 8.60. The van der Waals surface area contributed by atoms with E-state index in [-0.39, 0.29) is 18.1 Å². The summed E-state index contributed by atoms with van der Waals surface area (Å²) in [4.78, 5) is 0. The van der Waals surface area contributed by atoms with Gasteiger partial charge < -0.3 is 28.7 Å². The standard InChI is InChI=1S/C13H33N5/c14-9-1-3-11(16)5-7-13(18)8-6-12(17)4-2-10-15/h11-13H,1-10,14-18H2. The zero-order valence-corrected chi connectivity index (χ0v) is 11.7. The fourth-order valence-corrected chi connectivity index (χ4v) is 2.05. The lowest BCUT2D eigenvalue weighted by molar-refractivity contribution is 0.440. The molecule has 0 spiro atoms. The molecule has 0 aliphatic carbocycles. The molecule has 0 aliphatic rings. The first-order valence-electron chi connectivity index (χ1n) is 7.27. The minimum absolute atomic E-state index is 0.220. The Morgan fingerprint density at radius 1 is 0.500 bits per heavy atom. The van der Waals surface area contributed by atoms with E-state index in [9.17, 15) is 0 Å². The maximum atomic E-state index is 6.07. The molecule has 0 aromatic heterocycles. The zero-order chi connectivity index (χ0) is 13.8. The van der Waals surface area contributed by atoms with Crippen LogP contribution in [0.2, 0.25) is 0 Å². The van der Waals surface area contributed by atoms with Crippen molar-refractivity contribution in [1.82, 2.24) is 0 Å². The van der Waals surface area contributed by atoms with Crippen LogP contribution in [-0.2, 0) is 0 Å². The SMILES string of the molecule is NCCCC(N)CCC(N)CCC(N)CCCN. The summed E-state index contributed by atoms with van der Waals surface area (Å²) in [6.07, 6.45) is 7.93.